The lowest BCUT2D eigenvalue weighted by Crippen LogP contribution is -2.60. The van der Waals surface area contributed by atoms with Crippen molar-refractivity contribution in [2.45, 2.75) is 132 Å². The van der Waals surface area contributed by atoms with Gasteiger partial charge in [-0.2, -0.15) is 0 Å². The van der Waals surface area contributed by atoms with Gasteiger partial charge in [0.1, 0.15) is 42.3 Å². The van der Waals surface area contributed by atoms with Crippen molar-refractivity contribution < 1.29 is 63.0 Å². The van der Waals surface area contributed by atoms with Gasteiger partial charge in [-0.1, -0.05) is 0 Å². The first-order chi connectivity index (χ1) is 28.5. The molecule has 0 aromatic heterocycles. The zero-order chi connectivity index (χ0) is 43.8. The Morgan fingerprint density at radius 1 is 0.533 bits per heavy atom. The molecule has 330 valence electrons. The van der Waals surface area contributed by atoms with E-state index in [-0.39, 0.29) is 50.2 Å². The minimum absolute atomic E-state index is 0.0325. The van der Waals surface area contributed by atoms with Crippen LogP contribution in [0.25, 0.3) is 0 Å². The van der Waals surface area contributed by atoms with Crippen LogP contribution in [-0.4, -0.2) is 176 Å². The second-order valence-corrected chi connectivity index (χ2v) is 15.9. The van der Waals surface area contributed by atoms with Crippen LogP contribution in [0.4, 0.5) is 0 Å². The van der Waals surface area contributed by atoms with Gasteiger partial charge in [0, 0.05) is 26.2 Å². The quantitative estimate of drug-likeness (QED) is 0.0684. The summed E-state index contributed by atoms with van der Waals surface area (Å²) in [6.45, 7) is 1.63. The molecule has 5 saturated heterocycles. The number of nitrogens with one attached hydrogen (secondary N) is 4. The number of carboxylic acid groups (broad SMARTS) is 2. The Bertz CT molecular complexity index is 1750. The van der Waals surface area contributed by atoms with Crippen molar-refractivity contribution in [3.63, 3.8) is 0 Å². The second-order valence-electron chi connectivity index (χ2n) is 15.9. The topological polar surface area (TPSA) is 341 Å². The molecular weight excluding hydrogens is 792 g/mol. The van der Waals surface area contributed by atoms with E-state index in [1.165, 1.54) is 9.80 Å². The van der Waals surface area contributed by atoms with E-state index in [2.05, 4.69) is 16.0 Å². The summed E-state index contributed by atoms with van der Waals surface area (Å²) in [5.74, 6) is -9.98. The number of rotatable bonds is 17. The van der Waals surface area contributed by atoms with E-state index in [1.807, 2.05) is 5.32 Å². The van der Waals surface area contributed by atoms with Crippen molar-refractivity contribution in [2.75, 3.05) is 32.7 Å². The lowest BCUT2D eigenvalue weighted by atomic mass is 10.1. The van der Waals surface area contributed by atoms with Crippen LogP contribution in [0, 0.1) is 0 Å². The van der Waals surface area contributed by atoms with Gasteiger partial charge in [0.05, 0.1) is 25.3 Å². The van der Waals surface area contributed by atoms with E-state index in [9.17, 15) is 57.8 Å². The highest BCUT2D eigenvalue weighted by atomic mass is 16.4. The molecule has 0 aromatic rings. The summed E-state index contributed by atoms with van der Waals surface area (Å²) in [6.07, 6.45) is 2.02. The SMILES string of the molecule is NC(=O)CC(NC(=O)C1CCCN1C(=O)C(CC(N)=O)NC(=O)C1CCCN1C(=O)C1CCCN1C(=O)C1CCCN1C(=O)C1CCCN1)C(=O)NC(CC(=O)O)C(=O)O. The molecule has 23 nitrogen and oxygen atoms in total. The molecule has 0 spiro atoms. The van der Waals surface area contributed by atoms with Crippen molar-refractivity contribution >= 4 is 65.1 Å². The number of hydrogen-bond acceptors (Lipinski definition) is 12. The van der Waals surface area contributed by atoms with E-state index in [0.29, 0.717) is 51.6 Å². The summed E-state index contributed by atoms with van der Waals surface area (Å²) in [4.78, 5) is 148. The van der Waals surface area contributed by atoms with Gasteiger partial charge < -0.3 is 62.5 Å². The maximum atomic E-state index is 14.1. The molecule has 5 rings (SSSR count). The molecule has 60 heavy (non-hydrogen) atoms. The molecule has 0 saturated carbocycles. The average Bonchev–Trinajstić information content (AvgIpc) is 4.04. The monoisotopic (exact) mass is 846 g/mol. The number of likely N-dealkylation sites (tertiary alicyclic amines) is 4. The van der Waals surface area contributed by atoms with Crippen LogP contribution in [0.15, 0.2) is 0 Å². The molecule has 5 heterocycles. The Kier molecular flexibility index (Phi) is 15.0. The number of carbonyl (C=O) groups excluding carboxylic acids is 9. The van der Waals surface area contributed by atoms with Crippen molar-refractivity contribution in [2.24, 2.45) is 11.5 Å². The average molecular weight is 847 g/mol. The number of nitrogens with zero attached hydrogens (tertiary/aromatic N) is 4. The molecule has 0 bridgehead atoms. The zero-order valence-corrected chi connectivity index (χ0v) is 33.2. The predicted molar refractivity (Wildman–Crippen MR) is 203 cm³/mol. The fourth-order valence-electron chi connectivity index (χ4n) is 8.85. The second kappa shape index (κ2) is 19.9. The van der Waals surface area contributed by atoms with E-state index < -0.39 is 115 Å². The van der Waals surface area contributed by atoms with Crippen molar-refractivity contribution in [3.05, 3.63) is 0 Å². The Labute approximate surface area is 344 Å². The number of primary amides is 2. The molecule has 0 aliphatic carbocycles. The molecule has 5 aliphatic rings. The smallest absolute Gasteiger partial charge is 0.326 e. The van der Waals surface area contributed by atoms with Gasteiger partial charge in [-0.25, -0.2) is 4.79 Å². The molecule has 0 aromatic carbocycles. The van der Waals surface area contributed by atoms with Crippen LogP contribution in [-0.2, 0) is 52.7 Å². The van der Waals surface area contributed by atoms with Crippen LogP contribution < -0.4 is 32.7 Å². The summed E-state index contributed by atoms with van der Waals surface area (Å²) in [6, 6.07) is -9.51. The third-order valence-corrected chi connectivity index (χ3v) is 11.7. The first-order valence-electron chi connectivity index (χ1n) is 20.4. The van der Waals surface area contributed by atoms with Crippen molar-refractivity contribution in [3.8, 4) is 0 Å². The molecule has 23 heteroatoms. The fourth-order valence-corrected chi connectivity index (χ4v) is 8.85. The van der Waals surface area contributed by atoms with Crippen molar-refractivity contribution in [1.29, 1.82) is 0 Å². The van der Waals surface area contributed by atoms with Gasteiger partial charge >= 0.3 is 11.9 Å². The van der Waals surface area contributed by atoms with Crippen LogP contribution in [0.2, 0.25) is 0 Å². The largest absolute Gasteiger partial charge is 0.481 e. The van der Waals surface area contributed by atoms with Gasteiger partial charge in [0.25, 0.3) is 0 Å². The maximum absolute atomic E-state index is 14.1. The van der Waals surface area contributed by atoms with Gasteiger partial charge in [-0.15, -0.1) is 0 Å². The summed E-state index contributed by atoms with van der Waals surface area (Å²) in [5.41, 5.74) is 10.7. The minimum atomic E-state index is -1.91. The number of amides is 9. The molecule has 9 amide bonds. The Morgan fingerprint density at radius 3 is 1.47 bits per heavy atom. The van der Waals surface area contributed by atoms with E-state index >= 15 is 0 Å². The zero-order valence-electron chi connectivity index (χ0n) is 33.2. The first-order valence-corrected chi connectivity index (χ1v) is 20.4. The van der Waals surface area contributed by atoms with Crippen LogP contribution in [0.1, 0.15) is 83.5 Å². The first kappa shape index (κ1) is 45.2. The predicted octanol–water partition coefficient (Wildman–Crippen LogP) is -4.53. The van der Waals surface area contributed by atoms with Crippen LogP contribution in [0.3, 0.4) is 0 Å². The van der Waals surface area contributed by atoms with Crippen molar-refractivity contribution in [1.82, 2.24) is 40.9 Å². The minimum Gasteiger partial charge on any atom is -0.481 e. The number of aliphatic carboxylic acids is 2. The standard InChI is InChI=1S/C37H54N10O13/c38-27(48)16-20(30(52)43-22(37(59)60)18-29(50)51)41-31(53)23-7-2-12-44(23)34(56)21(17-28(39)49)42-32(54)24-8-3-13-45(24)35(57)26-10-5-15-47(26)36(58)25-9-4-14-46(25)33(55)19-6-1-11-40-19/h19-26,40H,1-18H2,(H2,38,48)(H2,39,49)(H,41,53)(H,42,54)(H,43,52)(H,50,51)(H,59,60). The van der Waals surface area contributed by atoms with E-state index in [1.54, 1.807) is 4.90 Å². The molecule has 5 fully saturated rings. The summed E-state index contributed by atoms with van der Waals surface area (Å²) in [7, 11) is 0. The highest BCUT2D eigenvalue weighted by Crippen LogP contribution is 2.29. The summed E-state index contributed by atoms with van der Waals surface area (Å²) in [5, 5.41) is 28.3. The molecule has 10 N–H and O–H groups in total. The Morgan fingerprint density at radius 2 is 0.983 bits per heavy atom. The lowest BCUT2D eigenvalue weighted by molar-refractivity contribution is -0.151. The van der Waals surface area contributed by atoms with Gasteiger partial charge in [-0.05, 0) is 70.8 Å². The molecular formula is C37H54N10O13. The maximum Gasteiger partial charge on any atom is 0.326 e. The molecule has 0 radical (unpaired) electrons. The third-order valence-electron chi connectivity index (χ3n) is 11.7. The summed E-state index contributed by atoms with van der Waals surface area (Å²) >= 11 is 0. The summed E-state index contributed by atoms with van der Waals surface area (Å²) < 4.78 is 0. The number of nitrogens with two attached hydrogens (primary N) is 2. The van der Waals surface area contributed by atoms with E-state index in [0.717, 1.165) is 17.9 Å². The Hall–Kier alpha value is -5.87. The lowest BCUT2D eigenvalue weighted by Gasteiger charge is -2.35. The van der Waals surface area contributed by atoms with Crippen LogP contribution >= 0.6 is 0 Å². The highest BCUT2D eigenvalue weighted by Gasteiger charge is 2.47. The number of hydrogen-bond donors (Lipinski definition) is 8. The number of carboxylic acids is 2. The molecule has 8 atom stereocenters. The van der Waals surface area contributed by atoms with Gasteiger partial charge in [-0.3, -0.25) is 47.9 Å². The van der Waals surface area contributed by atoms with E-state index in [4.69, 9.17) is 16.6 Å². The molecule has 5 aliphatic heterocycles. The van der Waals surface area contributed by atoms with Crippen LogP contribution in [0.5, 0.6) is 0 Å². The highest BCUT2D eigenvalue weighted by molar-refractivity contribution is 6.00. The van der Waals surface area contributed by atoms with Gasteiger partial charge in [0.2, 0.25) is 53.2 Å². The third kappa shape index (κ3) is 10.6. The molecule has 8 unspecified atom stereocenters. The Balaban J connectivity index is 1.24. The number of carbonyl (C=O) groups is 11. The normalized spacial score (nSPS) is 25.3. The fraction of sp³-hybridized carbons (Fsp3) is 0.703. The van der Waals surface area contributed by atoms with Gasteiger partial charge in [0.15, 0.2) is 0 Å².